The van der Waals surface area contributed by atoms with Gasteiger partial charge in [0.25, 0.3) is 0 Å². The van der Waals surface area contributed by atoms with Crippen LogP contribution in [0.25, 0.3) is 0 Å². The van der Waals surface area contributed by atoms with Crippen molar-refractivity contribution in [1.29, 1.82) is 0 Å². The van der Waals surface area contributed by atoms with E-state index in [1.807, 2.05) is 0 Å². The smallest absolute Gasteiger partial charge is 0.311 e. The van der Waals surface area contributed by atoms with Crippen LogP contribution in [0.15, 0.2) is 11.6 Å². The Morgan fingerprint density at radius 1 is 1.20 bits per heavy atom. The SMILES string of the molecule is COC(=O)C12C[C@H]3C[C@@H](C1)CC(C1=CCCCC1)(C3)C2. The van der Waals surface area contributed by atoms with Gasteiger partial charge in [-0.15, -0.1) is 0 Å². The first-order chi connectivity index (χ1) is 9.66. The fourth-order valence-electron chi connectivity index (χ4n) is 6.41. The van der Waals surface area contributed by atoms with Crippen LogP contribution >= 0.6 is 0 Å². The average molecular weight is 274 g/mol. The molecule has 0 heterocycles. The lowest BCUT2D eigenvalue weighted by Gasteiger charge is -2.62. The summed E-state index contributed by atoms with van der Waals surface area (Å²) in [6.07, 6.45) is 15.2. The summed E-state index contributed by atoms with van der Waals surface area (Å²) in [7, 11) is 1.58. The Balaban J connectivity index is 1.72. The molecular weight excluding hydrogens is 248 g/mol. The highest BCUT2D eigenvalue weighted by Gasteiger charge is 2.61. The lowest BCUT2D eigenvalue weighted by molar-refractivity contribution is -0.174. The van der Waals surface area contributed by atoms with Gasteiger partial charge in [0, 0.05) is 0 Å². The summed E-state index contributed by atoms with van der Waals surface area (Å²) in [5.41, 5.74) is 1.96. The third-order valence-electron chi connectivity index (χ3n) is 6.65. The number of hydrogen-bond donors (Lipinski definition) is 0. The molecule has 5 rings (SSSR count). The summed E-state index contributed by atoms with van der Waals surface area (Å²) in [5, 5.41) is 0. The number of rotatable bonds is 2. The number of allylic oxidation sites excluding steroid dienone is 2. The summed E-state index contributed by atoms with van der Waals surface area (Å²) in [6.45, 7) is 0. The van der Waals surface area contributed by atoms with Gasteiger partial charge < -0.3 is 4.74 Å². The monoisotopic (exact) mass is 274 g/mol. The van der Waals surface area contributed by atoms with E-state index in [2.05, 4.69) is 6.08 Å². The van der Waals surface area contributed by atoms with E-state index in [9.17, 15) is 4.79 Å². The van der Waals surface area contributed by atoms with Gasteiger partial charge in [-0.2, -0.15) is 0 Å². The van der Waals surface area contributed by atoms with Crippen LogP contribution in [0.5, 0.6) is 0 Å². The van der Waals surface area contributed by atoms with Crippen molar-refractivity contribution in [2.24, 2.45) is 22.7 Å². The molecule has 0 aromatic heterocycles. The van der Waals surface area contributed by atoms with Gasteiger partial charge in [-0.1, -0.05) is 11.6 Å². The minimum atomic E-state index is -0.128. The first kappa shape index (κ1) is 12.9. The molecule has 0 spiro atoms. The Morgan fingerprint density at radius 2 is 1.95 bits per heavy atom. The molecule has 0 radical (unpaired) electrons. The molecule has 110 valence electrons. The molecule has 5 aliphatic carbocycles. The van der Waals surface area contributed by atoms with Gasteiger partial charge in [-0.3, -0.25) is 4.79 Å². The highest BCUT2D eigenvalue weighted by Crippen LogP contribution is 2.68. The molecule has 4 saturated carbocycles. The normalized spacial score (nSPS) is 46.1. The van der Waals surface area contributed by atoms with Crippen molar-refractivity contribution in [3.8, 4) is 0 Å². The van der Waals surface area contributed by atoms with Gasteiger partial charge in [0.05, 0.1) is 12.5 Å². The Hall–Kier alpha value is -0.790. The number of methoxy groups -OCH3 is 1. The highest BCUT2D eigenvalue weighted by molar-refractivity contribution is 5.77. The fourth-order valence-corrected chi connectivity index (χ4v) is 6.41. The first-order valence-electron chi connectivity index (χ1n) is 8.44. The van der Waals surface area contributed by atoms with Crippen LogP contribution in [-0.2, 0) is 9.53 Å². The Kier molecular flexibility index (Phi) is 2.81. The largest absolute Gasteiger partial charge is 0.469 e. The third-order valence-corrected chi connectivity index (χ3v) is 6.65. The van der Waals surface area contributed by atoms with Gasteiger partial charge in [0.2, 0.25) is 0 Å². The summed E-state index contributed by atoms with van der Waals surface area (Å²) in [5.74, 6) is 1.64. The van der Waals surface area contributed by atoms with Gasteiger partial charge in [0.15, 0.2) is 0 Å². The van der Waals surface area contributed by atoms with Crippen molar-refractivity contribution in [1.82, 2.24) is 0 Å². The van der Waals surface area contributed by atoms with Crippen molar-refractivity contribution < 1.29 is 9.53 Å². The molecular formula is C18H26O2. The summed E-state index contributed by atoms with van der Waals surface area (Å²) in [6, 6.07) is 0. The number of carbonyl (C=O) groups is 1. The van der Waals surface area contributed by atoms with Crippen LogP contribution in [0.1, 0.15) is 64.2 Å². The molecule has 20 heavy (non-hydrogen) atoms. The number of esters is 1. The molecule has 2 unspecified atom stereocenters. The average Bonchev–Trinajstić information content (AvgIpc) is 2.46. The van der Waals surface area contributed by atoms with Crippen molar-refractivity contribution in [2.45, 2.75) is 64.2 Å². The summed E-state index contributed by atoms with van der Waals surface area (Å²) in [4.78, 5) is 12.4. The van der Waals surface area contributed by atoms with Gasteiger partial charge >= 0.3 is 5.97 Å². The Labute approximate surface area is 122 Å². The molecule has 0 amide bonds. The number of hydrogen-bond acceptors (Lipinski definition) is 2. The standard InChI is InChI=1S/C18H26O2/c1-20-16(19)18-10-13-7-14(11-18)9-17(8-13,12-18)15-5-3-2-4-6-15/h5,13-14H,2-4,6-12H2,1H3/t13-,14+,17?,18?. The third kappa shape index (κ3) is 1.72. The maximum absolute atomic E-state index is 12.4. The van der Waals surface area contributed by atoms with Gasteiger partial charge in [0.1, 0.15) is 0 Å². The minimum Gasteiger partial charge on any atom is -0.469 e. The molecule has 5 aliphatic rings. The maximum Gasteiger partial charge on any atom is 0.311 e. The fraction of sp³-hybridized carbons (Fsp3) is 0.833. The lowest BCUT2D eigenvalue weighted by Crippen LogP contribution is -2.55. The van der Waals surface area contributed by atoms with E-state index < -0.39 is 0 Å². The minimum absolute atomic E-state index is 0.0902. The van der Waals surface area contributed by atoms with E-state index in [-0.39, 0.29) is 11.4 Å². The second-order valence-electron chi connectivity index (χ2n) is 7.99. The molecule has 0 aliphatic heterocycles. The van der Waals surface area contributed by atoms with E-state index in [0.29, 0.717) is 5.41 Å². The molecule has 0 aromatic rings. The van der Waals surface area contributed by atoms with Crippen LogP contribution < -0.4 is 0 Å². The Bertz CT molecular complexity index is 448. The van der Waals surface area contributed by atoms with Crippen molar-refractivity contribution in [3.05, 3.63) is 11.6 Å². The summed E-state index contributed by atoms with van der Waals surface area (Å²) >= 11 is 0. The zero-order chi connectivity index (χ0) is 13.8. The molecule has 4 fully saturated rings. The van der Waals surface area contributed by atoms with Crippen LogP contribution in [-0.4, -0.2) is 13.1 Å². The zero-order valence-corrected chi connectivity index (χ0v) is 12.6. The van der Waals surface area contributed by atoms with Crippen molar-refractivity contribution >= 4 is 5.97 Å². The molecule has 0 saturated heterocycles. The topological polar surface area (TPSA) is 26.3 Å². The van der Waals surface area contributed by atoms with Crippen LogP contribution in [0.2, 0.25) is 0 Å². The molecule has 2 nitrogen and oxygen atoms in total. The van der Waals surface area contributed by atoms with E-state index in [0.717, 1.165) is 31.1 Å². The van der Waals surface area contributed by atoms with Crippen LogP contribution in [0.4, 0.5) is 0 Å². The maximum atomic E-state index is 12.4. The van der Waals surface area contributed by atoms with Gasteiger partial charge in [-0.25, -0.2) is 0 Å². The predicted molar refractivity (Wildman–Crippen MR) is 78.1 cm³/mol. The molecule has 0 N–H and O–H groups in total. The second kappa shape index (κ2) is 4.35. The molecule has 2 heteroatoms. The zero-order valence-electron chi connectivity index (χ0n) is 12.6. The summed E-state index contributed by atoms with van der Waals surface area (Å²) < 4.78 is 5.21. The lowest BCUT2D eigenvalue weighted by atomic mass is 9.42. The quantitative estimate of drug-likeness (QED) is 0.556. The molecule has 4 atom stereocenters. The van der Waals surface area contributed by atoms with E-state index in [1.165, 1.54) is 44.9 Å². The predicted octanol–water partition coefficient (Wildman–Crippen LogP) is 4.25. The van der Waals surface area contributed by atoms with E-state index in [1.54, 1.807) is 12.7 Å². The van der Waals surface area contributed by atoms with Crippen LogP contribution in [0, 0.1) is 22.7 Å². The second-order valence-corrected chi connectivity index (χ2v) is 7.99. The van der Waals surface area contributed by atoms with Gasteiger partial charge in [-0.05, 0) is 81.5 Å². The van der Waals surface area contributed by atoms with Crippen molar-refractivity contribution in [3.63, 3.8) is 0 Å². The Morgan fingerprint density at radius 3 is 2.55 bits per heavy atom. The van der Waals surface area contributed by atoms with Crippen molar-refractivity contribution in [2.75, 3.05) is 7.11 Å². The number of carbonyl (C=O) groups excluding carboxylic acids is 1. The highest BCUT2D eigenvalue weighted by atomic mass is 16.5. The van der Waals surface area contributed by atoms with E-state index >= 15 is 0 Å². The number of ether oxygens (including phenoxy) is 1. The molecule has 4 bridgehead atoms. The molecule has 0 aromatic carbocycles. The van der Waals surface area contributed by atoms with Crippen LogP contribution in [0.3, 0.4) is 0 Å². The van der Waals surface area contributed by atoms with E-state index in [4.69, 9.17) is 4.74 Å². The first-order valence-corrected chi connectivity index (χ1v) is 8.44.